The minimum absolute atomic E-state index is 0.198. The minimum Gasteiger partial charge on any atom is -0.462 e. The molecule has 13 nitrogen and oxygen atoms in total. The Morgan fingerprint density at radius 3 is 1.67 bits per heavy atom. The number of rotatable bonds is 6. The van der Waals surface area contributed by atoms with Gasteiger partial charge in [-0.15, -0.1) is 0 Å². The maximum atomic E-state index is 13.1. The van der Waals surface area contributed by atoms with Gasteiger partial charge in [0.15, 0.2) is 5.60 Å². The van der Waals surface area contributed by atoms with E-state index in [1.807, 2.05) is 0 Å². The highest BCUT2D eigenvalue weighted by Crippen LogP contribution is 2.57. The Bertz CT molecular complexity index is 1480. The predicted molar refractivity (Wildman–Crippen MR) is 141 cm³/mol. The normalized spacial score (nSPS) is 31.6. The Labute approximate surface area is 244 Å². The van der Waals surface area contributed by atoms with Crippen molar-refractivity contribution in [1.82, 2.24) is 0 Å². The lowest BCUT2D eigenvalue weighted by Gasteiger charge is -2.37. The molecule has 226 valence electrons. The summed E-state index contributed by atoms with van der Waals surface area (Å²) in [5.74, 6) is 0.345. The molecule has 0 unspecified atom stereocenters. The third-order valence-electron chi connectivity index (χ3n) is 8.16. The standard InChI is InChI=1S/C30H28O13/c31-11-21-23(33)25(35)28(41-21)38-13-5-7-17-19(9-13)40-20-10-14(39-29-26(36)24(34)22(12-32)42-29)6-8-18(20)30(17)16-4-2-1-3-15(16)27(37)43-30/h1-10,21-26,28-29,31-36H,11-12H2/t21-,22-,23+,24+,25-,26-,28-,29-/m1/s1. The Morgan fingerprint density at radius 2 is 1.19 bits per heavy atom. The van der Waals surface area contributed by atoms with Crippen LogP contribution in [-0.4, -0.2) is 99.0 Å². The smallest absolute Gasteiger partial charge is 0.340 e. The number of aliphatic hydroxyl groups excluding tert-OH is 6. The summed E-state index contributed by atoms with van der Waals surface area (Å²) in [5.41, 5.74) is 0.532. The molecule has 0 amide bonds. The highest BCUT2D eigenvalue weighted by molar-refractivity contribution is 5.97. The average Bonchev–Trinajstić information content (AvgIpc) is 3.57. The minimum atomic E-state index is -1.42. The van der Waals surface area contributed by atoms with Crippen LogP contribution in [0.5, 0.6) is 23.0 Å². The molecule has 0 aromatic heterocycles. The number of esters is 1. The number of fused-ring (bicyclic) bond motifs is 6. The van der Waals surface area contributed by atoms with Crippen LogP contribution in [0.2, 0.25) is 0 Å². The number of carbonyl (C=O) groups excluding carboxylic acids is 1. The van der Waals surface area contributed by atoms with Crippen LogP contribution in [0.4, 0.5) is 0 Å². The van der Waals surface area contributed by atoms with Crippen molar-refractivity contribution in [2.24, 2.45) is 0 Å². The molecule has 0 saturated carbocycles. The average molecular weight is 597 g/mol. The third kappa shape index (κ3) is 4.28. The molecule has 6 N–H and O–H groups in total. The lowest BCUT2D eigenvalue weighted by Crippen LogP contribution is -2.36. The molecule has 43 heavy (non-hydrogen) atoms. The van der Waals surface area contributed by atoms with Crippen molar-refractivity contribution in [2.45, 2.75) is 54.8 Å². The number of ether oxygens (including phenoxy) is 6. The molecular formula is C30H28O13. The van der Waals surface area contributed by atoms with E-state index in [0.29, 0.717) is 22.3 Å². The molecule has 13 heteroatoms. The van der Waals surface area contributed by atoms with E-state index in [-0.39, 0.29) is 23.0 Å². The summed E-state index contributed by atoms with van der Waals surface area (Å²) in [6.45, 7) is -1.02. The number of hydrogen-bond acceptors (Lipinski definition) is 13. The van der Waals surface area contributed by atoms with Gasteiger partial charge in [-0.05, 0) is 30.3 Å². The number of aliphatic hydroxyl groups is 6. The van der Waals surface area contributed by atoms with Crippen molar-refractivity contribution in [3.8, 4) is 23.0 Å². The van der Waals surface area contributed by atoms with Crippen LogP contribution in [0.25, 0.3) is 0 Å². The molecule has 8 atom stereocenters. The van der Waals surface area contributed by atoms with Crippen LogP contribution in [0.3, 0.4) is 0 Å². The monoisotopic (exact) mass is 596 g/mol. The number of carbonyl (C=O) groups is 1. The van der Waals surface area contributed by atoms with E-state index in [1.54, 1.807) is 48.5 Å². The van der Waals surface area contributed by atoms with Crippen LogP contribution in [-0.2, 0) is 19.8 Å². The first kappa shape index (κ1) is 28.0. The van der Waals surface area contributed by atoms with E-state index in [0.717, 1.165) is 0 Å². The Balaban J connectivity index is 1.27. The van der Waals surface area contributed by atoms with E-state index in [4.69, 9.17) is 28.4 Å². The van der Waals surface area contributed by atoms with E-state index in [1.165, 1.54) is 12.1 Å². The zero-order chi connectivity index (χ0) is 30.0. The van der Waals surface area contributed by atoms with Crippen molar-refractivity contribution >= 4 is 5.97 Å². The maximum absolute atomic E-state index is 13.1. The van der Waals surface area contributed by atoms with Gasteiger partial charge in [-0.1, -0.05) is 18.2 Å². The molecule has 7 rings (SSSR count). The molecule has 4 aliphatic heterocycles. The lowest BCUT2D eigenvalue weighted by molar-refractivity contribution is -0.116. The van der Waals surface area contributed by atoms with Crippen molar-refractivity contribution in [2.75, 3.05) is 13.2 Å². The van der Waals surface area contributed by atoms with Gasteiger partial charge in [-0.2, -0.15) is 0 Å². The number of benzene rings is 3. The van der Waals surface area contributed by atoms with Crippen LogP contribution in [0, 0.1) is 0 Å². The van der Waals surface area contributed by atoms with E-state index >= 15 is 0 Å². The fourth-order valence-electron chi connectivity index (χ4n) is 5.98. The molecule has 0 aliphatic carbocycles. The number of hydrogen-bond donors (Lipinski definition) is 6. The van der Waals surface area contributed by atoms with E-state index in [2.05, 4.69) is 0 Å². The summed E-state index contributed by atoms with van der Waals surface area (Å²) in [4.78, 5) is 13.1. The van der Waals surface area contributed by atoms with Crippen LogP contribution in [0.1, 0.15) is 27.0 Å². The Kier molecular flexibility index (Phi) is 6.80. The first-order valence-corrected chi connectivity index (χ1v) is 13.6. The quantitative estimate of drug-likeness (QED) is 0.207. The van der Waals surface area contributed by atoms with Gasteiger partial charge >= 0.3 is 5.97 Å². The van der Waals surface area contributed by atoms with Crippen LogP contribution >= 0.6 is 0 Å². The summed E-state index contributed by atoms with van der Waals surface area (Å²) < 4.78 is 34.9. The van der Waals surface area contributed by atoms with Crippen molar-refractivity contribution in [1.29, 1.82) is 0 Å². The van der Waals surface area contributed by atoms with Gasteiger partial charge in [0.05, 0.1) is 18.8 Å². The third-order valence-corrected chi connectivity index (χ3v) is 8.16. The SMILES string of the molecule is O=C1OC2(c3ccc(O[C@@H]4O[C@H](CO)[C@H](O)[C@H]4O)cc3Oc3cc(O[C@@H]4O[C@H](CO)[C@H](O)[C@H]4O)ccc32)c2ccccc21. The summed E-state index contributed by atoms with van der Waals surface area (Å²) >= 11 is 0. The summed E-state index contributed by atoms with van der Waals surface area (Å²) in [5, 5.41) is 59.7. The highest BCUT2D eigenvalue weighted by Gasteiger charge is 2.54. The van der Waals surface area contributed by atoms with Gasteiger partial charge in [0.2, 0.25) is 12.6 Å². The molecule has 4 aliphatic rings. The second-order valence-corrected chi connectivity index (χ2v) is 10.7. The molecule has 4 heterocycles. The largest absolute Gasteiger partial charge is 0.462 e. The van der Waals surface area contributed by atoms with Gasteiger partial charge in [0.25, 0.3) is 0 Å². The van der Waals surface area contributed by atoms with Crippen LogP contribution < -0.4 is 14.2 Å². The highest BCUT2D eigenvalue weighted by atomic mass is 16.7. The van der Waals surface area contributed by atoms with E-state index < -0.39 is 74.0 Å². The maximum Gasteiger partial charge on any atom is 0.340 e. The molecule has 3 aromatic carbocycles. The second kappa shape index (κ2) is 10.4. The van der Waals surface area contributed by atoms with Crippen molar-refractivity contribution in [3.05, 3.63) is 82.9 Å². The lowest BCUT2D eigenvalue weighted by atomic mass is 9.77. The molecule has 2 saturated heterocycles. The van der Waals surface area contributed by atoms with E-state index in [9.17, 15) is 35.4 Å². The molecular weight excluding hydrogens is 568 g/mol. The Morgan fingerprint density at radius 1 is 0.674 bits per heavy atom. The van der Waals surface area contributed by atoms with Gasteiger partial charge < -0.3 is 59.1 Å². The Hall–Kier alpha value is -3.79. The zero-order valence-electron chi connectivity index (χ0n) is 22.3. The molecule has 2 fully saturated rings. The first-order valence-electron chi connectivity index (χ1n) is 13.6. The van der Waals surface area contributed by atoms with Gasteiger partial charge in [-0.3, -0.25) is 0 Å². The molecule has 1 spiro atoms. The fourth-order valence-corrected chi connectivity index (χ4v) is 5.98. The first-order chi connectivity index (χ1) is 20.7. The van der Waals surface area contributed by atoms with Crippen molar-refractivity contribution in [3.63, 3.8) is 0 Å². The van der Waals surface area contributed by atoms with Crippen LogP contribution in [0.15, 0.2) is 60.7 Å². The summed E-state index contributed by atoms with van der Waals surface area (Å²) in [6.07, 6.45) is -10.1. The molecule has 0 radical (unpaired) electrons. The predicted octanol–water partition coefficient (Wildman–Crippen LogP) is -0.110. The van der Waals surface area contributed by atoms with Gasteiger partial charge in [0, 0.05) is 28.8 Å². The van der Waals surface area contributed by atoms with Gasteiger partial charge in [-0.25, -0.2) is 4.79 Å². The second-order valence-electron chi connectivity index (χ2n) is 10.7. The zero-order valence-corrected chi connectivity index (χ0v) is 22.3. The summed E-state index contributed by atoms with van der Waals surface area (Å²) in [6, 6.07) is 16.5. The van der Waals surface area contributed by atoms with Gasteiger partial charge in [0.1, 0.15) is 59.6 Å². The fraction of sp³-hybridized carbons (Fsp3) is 0.367. The summed E-state index contributed by atoms with van der Waals surface area (Å²) in [7, 11) is 0. The molecule has 3 aromatic rings. The van der Waals surface area contributed by atoms with Crippen molar-refractivity contribution < 1.29 is 63.9 Å². The molecule has 0 bridgehead atoms. The topological polar surface area (TPSA) is 194 Å².